The van der Waals surface area contributed by atoms with Crippen LogP contribution in [0.4, 0.5) is 0 Å². The van der Waals surface area contributed by atoms with E-state index >= 15 is 0 Å². The van der Waals surface area contributed by atoms with Crippen LogP contribution in [0.3, 0.4) is 0 Å². The first kappa shape index (κ1) is 14.6. The van der Waals surface area contributed by atoms with E-state index in [2.05, 4.69) is 11.8 Å². The topological polar surface area (TPSA) is 42.7 Å². The summed E-state index contributed by atoms with van der Waals surface area (Å²) in [4.78, 5) is 14.1. The molecule has 1 fully saturated rings. The van der Waals surface area contributed by atoms with Crippen molar-refractivity contribution in [3.05, 3.63) is 44.8 Å². The summed E-state index contributed by atoms with van der Waals surface area (Å²) < 4.78 is 10.8. The van der Waals surface area contributed by atoms with E-state index in [4.69, 9.17) is 20.8 Å². The molecular formula is C16H18ClNO3. The fourth-order valence-corrected chi connectivity index (χ4v) is 2.92. The van der Waals surface area contributed by atoms with E-state index in [1.165, 1.54) is 0 Å². The van der Waals surface area contributed by atoms with E-state index in [-0.39, 0.29) is 11.7 Å². The maximum absolute atomic E-state index is 11.8. The van der Waals surface area contributed by atoms with Crippen molar-refractivity contribution in [2.24, 2.45) is 0 Å². The van der Waals surface area contributed by atoms with Crippen LogP contribution in [0.25, 0.3) is 11.0 Å². The molecule has 4 nitrogen and oxygen atoms in total. The van der Waals surface area contributed by atoms with E-state index < -0.39 is 0 Å². The fraction of sp³-hybridized carbons (Fsp3) is 0.438. The summed E-state index contributed by atoms with van der Waals surface area (Å²) in [6.07, 6.45) is 0.218. The number of ether oxygens (including phenoxy) is 1. The molecule has 1 aromatic heterocycles. The van der Waals surface area contributed by atoms with Crippen LogP contribution >= 0.6 is 11.6 Å². The zero-order valence-electron chi connectivity index (χ0n) is 12.2. The number of aryl methyl sites for hydroxylation is 1. The standard InChI is InChI=1S/C16H18ClNO3/c1-10-5-15-13(7-14(10)17)12(6-16(19)21-15)9-18-3-4-20-11(2)8-18/h5-7,11H,3-4,8-9H2,1-2H3/t11-/m0/s1. The summed E-state index contributed by atoms with van der Waals surface area (Å²) in [5, 5.41) is 1.59. The van der Waals surface area contributed by atoms with Crippen LogP contribution in [-0.2, 0) is 11.3 Å². The number of rotatable bonds is 2. The van der Waals surface area contributed by atoms with Gasteiger partial charge in [0.05, 0.1) is 12.7 Å². The Morgan fingerprint density at radius 1 is 1.38 bits per heavy atom. The van der Waals surface area contributed by atoms with Gasteiger partial charge in [-0.15, -0.1) is 0 Å². The van der Waals surface area contributed by atoms with Gasteiger partial charge >= 0.3 is 5.63 Å². The van der Waals surface area contributed by atoms with Gasteiger partial charge in [-0.25, -0.2) is 4.79 Å². The number of fused-ring (bicyclic) bond motifs is 1. The Kier molecular flexibility index (Phi) is 4.02. The van der Waals surface area contributed by atoms with Gasteiger partial charge in [-0.1, -0.05) is 11.6 Å². The van der Waals surface area contributed by atoms with Crippen LogP contribution in [0.1, 0.15) is 18.1 Å². The first-order chi connectivity index (χ1) is 10.0. The molecule has 1 atom stereocenters. The Hall–Kier alpha value is -1.36. The first-order valence-electron chi connectivity index (χ1n) is 7.10. The van der Waals surface area contributed by atoms with Gasteiger partial charge in [0.1, 0.15) is 5.58 Å². The maximum atomic E-state index is 11.8. The normalized spacial score (nSPS) is 20.0. The molecule has 0 amide bonds. The highest BCUT2D eigenvalue weighted by Gasteiger charge is 2.18. The monoisotopic (exact) mass is 307 g/mol. The summed E-state index contributed by atoms with van der Waals surface area (Å²) in [6, 6.07) is 5.27. The molecule has 1 aromatic carbocycles. The second-order valence-electron chi connectivity index (χ2n) is 5.60. The van der Waals surface area contributed by atoms with Crippen LogP contribution in [0, 0.1) is 6.92 Å². The van der Waals surface area contributed by atoms with Crippen molar-refractivity contribution in [3.8, 4) is 0 Å². The Balaban J connectivity index is 2.00. The molecule has 5 heteroatoms. The lowest BCUT2D eigenvalue weighted by Gasteiger charge is -2.31. The highest BCUT2D eigenvalue weighted by atomic mass is 35.5. The largest absolute Gasteiger partial charge is 0.423 e. The van der Waals surface area contributed by atoms with E-state index in [1.54, 1.807) is 6.07 Å². The van der Waals surface area contributed by atoms with Gasteiger partial charge in [-0.2, -0.15) is 0 Å². The molecule has 21 heavy (non-hydrogen) atoms. The molecule has 0 bridgehead atoms. The van der Waals surface area contributed by atoms with E-state index in [9.17, 15) is 4.79 Å². The van der Waals surface area contributed by atoms with Gasteiger partial charge in [0.2, 0.25) is 0 Å². The Labute approximate surface area is 128 Å². The van der Waals surface area contributed by atoms with Crippen LogP contribution < -0.4 is 5.63 Å². The van der Waals surface area contributed by atoms with Crippen LogP contribution in [-0.4, -0.2) is 30.7 Å². The van der Waals surface area contributed by atoms with Gasteiger partial charge in [-0.3, -0.25) is 4.90 Å². The molecule has 0 saturated carbocycles. The minimum absolute atomic E-state index is 0.218. The Morgan fingerprint density at radius 3 is 2.95 bits per heavy atom. The molecule has 0 radical (unpaired) electrons. The molecule has 1 saturated heterocycles. The number of hydrogen-bond donors (Lipinski definition) is 0. The van der Waals surface area contributed by atoms with Crippen LogP contribution in [0.15, 0.2) is 27.4 Å². The zero-order chi connectivity index (χ0) is 15.0. The highest BCUT2D eigenvalue weighted by Crippen LogP contribution is 2.26. The van der Waals surface area contributed by atoms with Gasteiger partial charge in [0.25, 0.3) is 0 Å². The van der Waals surface area contributed by atoms with E-state index in [0.717, 1.165) is 36.2 Å². The van der Waals surface area contributed by atoms with Crippen molar-refractivity contribution >= 4 is 22.6 Å². The quantitative estimate of drug-likeness (QED) is 0.800. The molecule has 2 aromatic rings. The number of halogens is 1. The third-order valence-electron chi connectivity index (χ3n) is 3.83. The number of morpholine rings is 1. The number of benzene rings is 1. The molecule has 112 valence electrons. The van der Waals surface area contributed by atoms with Crippen molar-refractivity contribution < 1.29 is 9.15 Å². The molecule has 2 heterocycles. The lowest BCUT2D eigenvalue weighted by atomic mass is 10.1. The molecule has 1 aliphatic rings. The van der Waals surface area contributed by atoms with Gasteiger partial charge in [0.15, 0.2) is 0 Å². The smallest absolute Gasteiger partial charge is 0.336 e. The fourth-order valence-electron chi connectivity index (χ4n) is 2.75. The average Bonchev–Trinajstić information content (AvgIpc) is 2.41. The maximum Gasteiger partial charge on any atom is 0.336 e. The summed E-state index contributed by atoms with van der Waals surface area (Å²) in [5.41, 5.74) is 2.14. The Bertz CT molecular complexity index is 725. The summed E-state index contributed by atoms with van der Waals surface area (Å²) >= 11 is 6.21. The van der Waals surface area contributed by atoms with Crippen LogP contribution in [0.5, 0.6) is 0 Å². The van der Waals surface area contributed by atoms with Crippen molar-refractivity contribution in [2.45, 2.75) is 26.5 Å². The second kappa shape index (κ2) is 5.79. The summed E-state index contributed by atoms with van der Waals surface area (Å²) in [6.45, 7) is 7.12. The van der Waals surface area contributed by atoms with Crippen LogP contribution in [0.2, 0.25) is 5.02 Å². The Morgan fingerprint density at radius 2 is 2.19 bits per heavy atom. The van der Waals surface area contributed by atoms with Gasteiger partial charge < -0.3 is 9.15 Å². The zero-order valence-corrected chi connectivity index (χ0v) is 12.9. The van der Waals surface area contributed by atoms with Gasteiger partial charge in [-0.05, 0) is 37.1 Å². The van der Waals surface area contributed by atoms with E-state index in [1.807, 2.05) is 19.1 Å². The second-order valence-corrected chi connectivity index (χ2v) is 6.01. The molecule has 0 spiro atoms. The van der Waals surface area contributed by atoms with Crippen molar-refractivity contribution in [1.29, 1.82) is 0 Å². The van der Waals surface area contributed by atoms with Crippen molar-refractivity contribution in [1.82, 2.24) is 4.90 Å². The lowest BCUT2D eigenvalue weighted by Crippen LogP contribution is -2.40. The van der Waals surface area contributed by atoms with E-state index in [0.29, 0.717) is 17.2 Å². The highest BCUT2D eigenvalue weighted by molar-refractivity contribution is 6.32. The third kappa shape index (κ3) is 3.12. The predicted molar refractivity (Wildman–Crippen MR) is 82.9 cm³/mol. The van der Waals surface area contributed by atoms with Gasteiger partial charge in [0, 0.05) is 36.1 Å². The third-order valence-corrected chi connectivity index (χ3v) is 4.24. The molecule has 0 aliphatic carbocycles. The molecule has 1 aliphatic heterocycles. The first-order valence-corrected chi connectivity index (χ1v) is 7.47. The minimum Gasteiger partial charge on any atom is -0.423 e. The summed E-state index contributed by atoms with van der Waals surface area (Å²) in [7, 11) is 0. The number of nitrogens with zero attached hydrogens (tertiary/aromatic N) is 1. The summed E-state index contributed by atoms with van der Waals surface area (Å²) in [5.74, 6) is 0. The minimum atomic E-state index is -0.319. The van der Waals surface area contributed by atoms with Crippen molar-refractivity contribution in [3.63, 3.8) is 0 Å². The molecule has 0 unspecified atom stereocenters. The SMILES string of the molecule is Cc1cc2oc(=O)cc(CN3CCO[C@@H](C)C3)c2cc1Cl. The lowest BCUT2D eigenvalue weighted by molar-refractivity contribution is -0.0211. The molecule has 0 N–H and O–H groups in total. The predicted octanol–water partition coefficient (Wildman–Crippen LogP) is 2.98. The number of hydrogen-bond acceptors (Lipinski definition) is 4. The van der Waals surface area contributed by atoms with Crippen molar-refractivity contribution in [2.75, 3.05) is 19.7 Å². The molecular weight excluding hydrogens is 290 g/mol. The average molecular weight is 308 g/mol. The molecule has 3 rings (SSSR count).